The number of aliphatic carboxylic acids is 1. The van der Waals surface area contributed by atoms with Gasteiger partial charge < -0.3 is 15.2 Å². The van der Waals surface area contributed by atoms with E-state index in [0.29, 0.717) is 19.4 Å². The van der Waals surface area contributed by atoms with Crippen LogP contribution in [0.3, 0.4) is 0 Å². The van der Waals surface area contributed by atoms with Gasteiger partial charge in [0.15, 0.2) is 0 Å². The molecule has 0 unspecified atom stereocenters. The van der Waals surface area contributed by atoms with Crippen LogP contribution in [0.25, 0.3) is 0 Å². The van der Waals surface area contributed by atoms with Crippen LogP contribution in [-0.2, 0) is 14.3 Å². The van der Waals surface area contributed by atoms with Gasteiger partial charge in [0, 0.05) is 12.8 Å². The molecule has 0 aliphatic carbocycles. The van der Waals surface area contributed by atoms with Gasteiger partial charge in [-0.3, -0.25) is 9.59 Å². The quantitative estimate of drug-likeness (QED) is 0.187. The maximum absolute atomic E-state index is 12.2. The van der Waals surface area contributed by atoms with E-state index in [0.717, 1.165) is 38.6 Å². The Kier molecular flexibility index (Phi) is 19.8. The summed E-state index contributed by atoms with van der Waals surface area (Å²) >= 11 is 0. The molecule has 28 heavy (non-hydrogen) atoms. The highest BCUT2D eigenvalue weighted by Crippen LogP contribution is 2.17. The Labute approximate surface area is 173 Å². The van der Waals surface area contributed by atoms with Crippen molar-refractivity contribution in [3.63, 3.8) is 0 Å². The van der Waals surface area contributed by atoms with Crippen LogP contribution in [0.1, 0.15) is 117 Å². The molecule has 0 radical (unpaired) electrons. The first kappa shape index (κ1) is 26.9. The van der Waals surface area contributed by atoms with E-state index in [1.165, 1.54) is 51.4 Å². The Morgan fingerprint density at radius 1 is 0.750 bits per heavy atom. The predicted molar refractivity (Wildman–Crippen MR) is 116 cm³/mol. The summed E-state index contributed by atoms with van der Waals surface area (Å²) in [4.78, 5) is 22.6. The molecule has 0 aromatic heterocycles. The number of rotatable bonds is 21. The highest BCUT2D eigenvalue weighted by atomic mass is 16.5. The predicted octanol–water partition coefficient (Wildman–Crippen LogP) is 5.85. The number of hydrogen-bond acceptors (Lipinski definition) is 4. The van der Waals surface area contributed by atoms with Gasteiger partial charge in [0.25, 0.3) is 0 Å². The summed E-state index contributed by atoms with van der Waals surface area (Å²) in [5.41, 5.74) is 0. The van der Waals surface area contributed by atoms with Gasteiger partial charge in [0.2, 0.25) is 0 Å². The highest BCUT2D eigenvalue weighted by Gasteiger charge is 2.14. The van der Waals surface area contributed by atoms with Crippen LogP contribution in [0.5, 0.6) is 0 Å². The number of carbonyl (C=O) groups is 2. The minimum Gasteiger partial charge on any atom is -0.481 e. The van der Waals surface area contributed by atoms with Gasteiger partial charge in [-0.1, -0.05) is 65.2 Å². The molecule has 0 aromatic rings. The first-order valence-corrected chi connectivity index (χ1v) is 11.7. The van der Waals surface area contributed by atoms with E-state index in [1.54, 1.807) is 0 Å². The van der Waals surface area contributed by atoms with E-state index in [9.17, 15) is 9.59 Å². The van der Waals surface area contributed by atoms with E-state index in [2.05, 4.69) is 19.2 Å². The SMILES string of the molecule is CCCCCCCC(CCCCCCC)OC(=O)CCCNCCCC(=O)O. The lowest BCUT2D eigenvalue weighted by molar-refractivity contribution is -0.150. The number of ether oxygens (including phenoxy) is 1. The largest absolute Gasteiger partial charge is 0.481 e. The molecule has 0 saturated carbocycles. The van der Waals surface area contributed by atoms with Gasteiger partial charge in [-0.2, -0.15) is 0 Å². The second-order valence-corrected chi connectivity index (χ2v) is 7.87. The number of hydrogen-bond donors (Lipinski definition) is 2. The summed E-state index contributed by atoms with van der Waals surface area (Å²) in [6, 6.07) is 0. The molecule has 5 heteroatoms. The molecule has 0 fully saturated rings. The summed E-state index contributed by atoms with van der Waals surface area (Å²) in [5, 5.41) is 11.8. The van der Waals surface area contributed by atoms with Gasteiger partial charge in [-0.25, -0.2) is 0 Å². The summed E-state index contributed by atoms with van der Waals surface area (Å²) in [6.45, 7) is 5.86. The van der Waals surface area contributed by atoms with E-state index in [1.807, 2.05) is 0 Å². The minimum atomic E-state index is -0.763. The summed E-state index contributed by atoms with van der Waals surface area (Å²) in [7, 11) is 0. The average molecular weight is 400 g/mol. The van der Waals surface area contributed by atoms with Crippen molar-refractivity contribution in [1.82, 2.24) is 5.32 Å². The second-order valence-electron chi connectivity index (χ2n) is 7.87. The standard InChI is InChI=1S/C23H45NO4/c1-3-5-7-9-11-15-21(16-12-10-8-6-4-2)28-23(27)18-14-20-24-19-13-17-22(25)26/h21,24H,3-20H2,1-2H3,(H,25,26). The van der Waals surface area contributed by atoms with E-state index in [4.69, 9.17) is 9.84 Å². The molecule has 0 aromatic carbocycles. The molecule has 0 aliphatic rings. The molecule has 0 rings (SSSR count). The van der Waals surface area contributed by atoms with Gasteiger partial charge in [0.05, 0.1) is 0 Å². The molecule has 5 nitrogen and oxygen atoms in total. The van der Waals surface area contributed by atoms with Crippen molar-refractivity contribution in [2.24, 2.45) is 0 Å². The molecule has 0 saturated heterocycles. The first-order valence-electron chi connectivity index (χ1n) is 11.7. The number of unbranched alkanes of at least 4 members (excludes halogenated alkanes) is 8. The Morgan fingerprint density at radius 2 is 1.25 bits per heavy atom. The molecule has 0 amide bonds. The van der Waals surface area contributed by atoms with Crippen molar-refractivity contribution < 1.29 is 19.4 Å². The van der Waals surface area contributed by atoms with Gasteiger partial charge in [-0.15, -0.1) is 0 Å². The van der Waals surface area contributed by atoms with Gasteiger partial charge in [0.1, 0.15) is 6.10 Å². The van der Waals surface area contributed by atoms with Crippen LogP contribution in [0.2, 0.25) is 0 Å². The molecule has 2 N–H and O–H groups in total. The zero-order valence-electron chi connectivity index (χ0n) is 18.5. The van der Waals surface area contributed by atoms with Crippen molar-refractivity contribution in [2.75, 3.05) is 13.1 Å². The highest BCUT2D eigenvalue weighted by molar-refractivity contribution is 5.69. The summed E-state index contributed by atoms with van der Waals surface area (Å²) in [6.07, 6.45) is 16.5. The van der Waals surface area contributed by atoms with Crippen LogP contribution in [0.15, 0.2) is 0 Å². The van der Waals surface area contributed by atoms with Crippen molar-refractivity contribution in [2.45, 2.75) is 123 Å². The summed E-state index contributed by atoms with van der Waals surface area (Å²) in [5.74, 6) is -0.847. The zero-order valence-corrected chi connectivity index (χ0v) is 18.5. The average Bonchev–Trinajstić information content (AvgIpc) is 2.66. The zero-order chi connectivity index (χ0) is 20.9. The third kappa shape index (κ3) is 19.7. The lowest BCUT2D eigenvalue weighted by atomic mass is 10.0. The van der Waals surface area contributed by atoms with Crippen LogP contribution in [-0.4, -0.2) is 36.2 Å². The molecule has 166 valence electrons. The van der Waals surface area contributed by atoms with Crippen LogP contribution >= 0.6 is 0 Å². The first-order chi connectivity index (χ1) is 13.6. The number of esters is 1. The lowest BCUT2D eigenvalue weighted by Gasteiger charge is -2.18. The van der Waals surface area contributed by atoms with Crippen LogP contribution in [0, 0.1) is 0 Å². The Hall–Kier alpha value is -1.10. The number of carbonyl (C=O) groups excluding carboxylic acids is 1. The monoisotopic (exact) mass is 399 g/mol. The second kappa shape index (κ2) is 20.6. The number of carboxylic acids is 1. The van der Waals surface area contributed by atoms with E-state index >= 15 is 0 Å². The smallest absolute Gasteiger partial charge is 0.306 e. The van der Waals surface area contributed by atoms with Crippen molar-refractivity contribution in [3.05, 3.63) is 0 Å². The van der Waals surface area contributed by atoms with Crippen molar-refractivity contribution in [3.8, 4) is 0 Å². The maximum Gasteiger partial charge on any atom is 0.306 e. The molecule has 0 heterocycles. The Morgan fingerprint density at radius 3 is 1.75 bits per heavy atom. The number of carboxylic acid groups (broad SMARTS) is 1. The molecular formula is C23H45NO4. The fraction of sp³-hybridized carbons (Fsp3) is 0.913. The van der Waals surface area contributed by atoms with Gasteiger partial charge in [-0.05, 0) is 51.6 Å². The molecule has 0 atom stereocenters. The Bertz CT molecular complexity index is 360. The number of nitrogens with one attached hydrogen (secondary N) is 1. The fourth-order valence-electron chi connectivity index (χ4n) is 3.31. The minimum absolute atomic E-state index is 0.0827. The normalized spacial score (nSPS) is 11.1. The fourth-order valence-corrected chi connectivity index (χ4v) is 3.31. The van der Waals surface area contributed by atoms with E-state index < -0.39 is 5.97 Å². The molecule has 0 bridgehead atoms. The topological polar surface area (TPSA) is 75.6 Å². The van der Waals surface area contributed by atoms with Gasteiger partial charge >= 0.3 is 11.9 Å². The Balaban J connectivity index is 3.95. The van der Waals surface area contributed by atoms with Crippen molar-refractivity contribution in [1.29, 1.82) is 0 Å². The molecule has 0 spiro atoms. The van der Waals surface area contributed by atoms with Crippen molar-refractivity contribution >= 4 is 11.9 Å². The molecular weight excluding hydrogens is 354 g/mol. The lowest BCUT2D eigenvalue weighted by Crippen LogP contribution is -2.21. The third-order valence-electron chi connectivity index (χ3n) is 5.04. The van der Waals surface area contributed by atoms with Crippen LogP contribution < -0.4 is 5.32 Å². The summed E-state index contributed by atoms with van der Waals surface area (Å²) < 4.78 is 5.78. The molecule has 0 aliphatic heterocycles. The maximum atomic E-state index is 12.2. The van der Waals surface area contributed by atoms with E-state index in [-0.39, 0.29) is 18.5 Å². The third-order valence-corrected chi connectivity index (χ3v) is 5.04. The van der Waals surface area contributed by atoms with Crippen LogP contribution in [0.4, 0.5) is 0 Å².